The van der Waals surface area contributed by atoms with Gasteiger partial charge in [-0.3, -0.25) is 9.59 Å². The molecule has 0 saturated heterocycles. The lowest BCUT2D eigenvalue weighted by Gasteiger charge is -2.18. The van der Waals surface area contributed by atoms with Gasteiger partial charge < -0.3 is 33.6 Å². The Kier molecular flexibility index (Phi) is 23.5. The Morgan fingerprint density at radius 1 is 0.795 bits per heavy atom. The van der Waals surface area contributed by atoms with Crippen LogP contribution in [-0.2, 0) is 28.6 Å². The summed E-state index contributed by atoms with van der Waals surface area (Å²) >= 11 is 0. The van der Waals surface area contributed by atoms with Crippen molar-refractivity contribution in [3.63, 3.8) is 0 Å². The van der Waals surface area contributed by atoms with Crippen molar-refractivity contribution in [3.8, 4) is 0 Å². The molecule has 0 atom stereocenters. The molecule has 0 unspecified atom stereocenters. The third-order valence-corrected chi connectivity index (χ3v) is 5.77. The molecule has 0 saturated carbocycles. The maximum Gasteiger partial charge on any atom is 0.254 e. The zero-order valence-corrected chi connectivity index (χ0v) is 24.1. The summed E-state index contributed by atoms with van der Waals surface area (Å²) in [6.45, 7) is 10.5. The molecule has 1 rings (SSSR count). The van der Waals surface area contributed by atoms with Gasteiger partial charge in [-0.15, -0.1) is 0 Å². The summed E-state index contributed by atoms with van der Waals surface area (Å²) in [5, 5.41) is 0. The molecule has 1 aromatic carbocycles. The standard InChI is InChI=1S/C23H35NO5.C7H13NO2/c1-3-21-11-6-7-12-22(21)23(26)24(2)13-10-16-28-18-20-29-19-17-27-15-9-5-4-8-14-25;1-3-8(2)7(10)5-4-6-9/h3,6-7,11-12,14H,1,4-5,8-10,13,15-20H2,2H3;6H,3-5H2,1-2H3. The van der Waals surface area contributed by atoms with Crippen LogP contribution in [0.4, 0.5) is 0 Å². The van der Waals surface area contributed by atoms with Crippen LogP contribution in [0.15, 0.2) is 30.8 Å². The van der Waals surface area contributed by atoms with Gasteiger partial charge in [0.15, 0.2) is 0 Å². The molecule has 0 N–H and O–H groups in total. The smallest absolute Gasteiger partial charge is 0.254 e. The van der Waals surface area contributed by atoms with Gasteiger partial charge >= 0.3 is 0 Å². The summed E-state index contributed by atoms with van der Waals surface area (Å²) in [5.41, 5.74) is 1.52. The highest BCUT2D eigenvalue weighted by Gasteiger charge is 2.13. The van der Waals surface area contributed by atoms with E-state index in [2.05, 4.69) is 6.58 Å². The van der Waals surface area contributed by atoms with Gasteiger partial charge in [0.25, 0.3) is 5.91 Å². The quantitative estimate of drug-likeness (QED) is 0.159. The molecule has 9 nitrogen and oxygen atoms in total. The molecule has 0 heterocycles. The minimum absolute atomic E-state index is 0.00688. The normalized spacial score (nSPS) is 10.2. The molecule has 1 aromatic rings. The van der Waals surface area contributed by atoms with Crippen LogP contribution in [0, 0.1) is 0 Å². The van der Waals surface area contributed by atoms with Crippen molar-refractivity contribution in [2.45, 2.75) is 51.9 Å². The topological polar surface area (TPSA) is 102 Å². The third kappa shape index (κ3) is 18.9. The molecular formula is C30H48N2O7. The van der Waals surface area contributed by atoms with Crippen LogP contribution < -0.4 is 0 Å². The molecule has 0 spiro atoms. The zero-order chi connectivity index (χ0) is 29.1. The van der Waals surface area contributed by atoms with Gasteiger partial charge in [0, 0.05) is 65.2 Å². The number of carbonyl (C=O) groups is 4. The minimum Gasteiger partial charge on any atom is -0.379 e. The first-order chi connectivity index (χ1) is 18.9. The number of nitrogens with zero attached hydrogens (tertiary/aromatic N) is 2. The largest absolute Gasteiger partial charge is 0.379 e. The van der Waals surface area contributed by atoms with E-state index < -0.39 is 0 Å². The number of hydrogen-bond acceptors (Lipinski definition) is 7. The van der Waals surface area contributed by atoms with Gasteiger partial charge in [0.2, 0.25) is 5.91 Å². The maximum atomic E-state index is 12.5. The van der Waals surface area contributed by atoms with E-state index in [1.807, 2.05) is 31.2 Å². The number of amides is 2. The average Bonchev–Trinajstić information content (AvgIpc) is 2.97. The third-order valence-electron chi connectivity index (χ3n) is 5.77. The highest BCUT2D eigenvalue weighted by atomic mass is 16.5. The Morgan fingerprint density at radius 3 is 1.97 bits per heavy atom. The van der Waals surface area contributed by atoms with E-state index in [1.54, 1.807) is 30.0 Å². The van der Waals surface area contributed by atoms with Crippen LogP contribution in [-0.4, -0.2) is 101 Å². The van der Waals surface area contributed by atoms with E-state index in [0.29, 0.717) is 77.6 Å². The Hall–Kier alpha value is -2.88. The highest BCUT2D eigenvalue weighted by Crippen LogP contribution is 2.12. The summed E-state index contributed by atoms with van der Waals surface area (Å²) in [5.74, 6) is 0.0298. The summed E-state index contributed by atoms with van der Waals surface area (Å²) in [6, 6.07) is 7.46. The molecule has 0 bridgehead atoms. The van der Waals surface area contributed by atoms with Crippen LogP contribution in [0.25, 0.3) is 6.08 Å². The SMILES string of the molecule is C=Cc1ccccc1C(=O)N(C)CCCOCCOCCOCCCCCC=O.CCN(C)C(=O)CCC=O. The van der Waals surface area contributed by atoms with Gasteiger partial charge in [-0.25, -0.2) is 0 Å². The number of rotatable bonds is 22. The molecule has 0 fully saturated rings. The number of carbonyl (C=O) groups excluding carboxylic acids is 4. The van der Waals surface area contributed by atoms with Gasteiger partial charge in [0.1, 0.15) is 12.6 Å². The molecule has 0 aromatic heterocycles. The zero-order valence-electron chi connectivity index (χ0n) is 24.1. The molecule has 0 aliphatic rings. The fraction of sp³-hybridized carbons (Fsp3) is 0.600. The molecule has 0 radical (unpaired) electrons. The van der Waals surface area contributed by atoms with Crippen molar-refractivity contribution in [3.05, 3.63) is 42.0 Å². The van der Waals surface area contributed by atoms with E-state index in [1.165, 1.54) is 0 Å². The molecule has 39 heavy (non-hydrogen) atoms. The second-order valence-electron chi connectivity index (χ2n) is 8.84. The number of aldehydes is 2. The molecule has 220 valence electrons. The van der Waals surface area contributed by atoms with Crippen LogP contribution in [0.1, 0.15) is 67.8 Å². The predicted octanol–water partition coefficient (Wildman–Crippen LogP) is 4.04. The van der Waals surface area contributed by atoms with E-state index in [-0.39, 0.29) is 11.8 Å². The van der Waals surface area contributed by atoms with Gasteiger partial charge in [-0.1, -0.05) is 37.3 Å². The van der Waals surface area contributed by atoms with Crippen molar-refractivity contribution < 1.29 is 33.4 Å². The van der Waals surface area contributed by atoms with Gasteiger partial charge in [-0.05, 0) is 37.8 Å². The first-order valence-corrected chi connectivity index (χ1v) is 13.7. The summed E-state index contributed by atoms with van der Waals surface area (Å²) < 4.78 is 16.5. The first kappa shape index (κ1) is 36.1. The number of unbranched alkanes of at least 4 members (excludes halogenated alkanes) is 3. The van der Waals surface area contributed by atoms with Crippen molar-refractivity contribution in [1.29, 1.82) is 0 Å². The van der Waals surface area contributed by atoms with E-state index in [0.717, 1.165) is 43.8 Å². The lowest BCUT2D eigenvalue weighted by atomic mass is 10.1. The van der Waals surface area contributed by atoms with Crippen LogP contribution >= 0.6 is 0 Å². The van der Waals surface area contributed by atoms with Crippen molar-refractivity contribution in [2.24, 2.45) is 0 Å². The lowest BCUT2D eigenvalue weighted by Crippen LogP contribution is -2.29. The summed E-state index contributed by atoms with van der Waals surface area (Å²) in [7, 11) is 3.53. The fourth-order valence-electron chi connectivity index (χ4n) is 3.28. The maximum absolute atomic E-state index is 12.5. The number of benzene rings is 1. The Labute approximate surface area is 234 Å². The van der Waals surface area contributed by atoms with Crippen molar-refractivity contribution >= 4 is 30.5 Å². The second kappa shape index (κ2) is 25.4. The Balaban J connectivity index is 0.00000122. The average molecular weight is 549 g/mol. The molecule has 0 aliphatic carbocycles. The highest BCUT2D eigenvalue weighted by molar-refractivity contribution is 5.97. The van der Waals surface area contributed by atoms with Gasteiger partial charge in [-0.2, -0.15) is 0 Å². The summed E-state index contributed by atoms with van der Waals surface area (Å²) in [6.07, 6.45) is 8.45. The minimum atomic E-state index is -0.00688. The fourth-order valence-corrected chi connectivity index (χ4v) is 3.28. The molecule has 9 heteroatoms. The molecule has 2 amide bonds. The number of ether oxygens (including phenoxy) is 3. The second-order valence-corrected chi connectivity index (χ2v) is 8.84. The Bertz CT molecular complexity index is 816. The van der Waals surface area contributed by atoms with Crippen LogP contribution in [0.3, 0.4) is 0 Å². The lowest BCUT2D eigenvalue weighted by molar-refractivity contribution is -0.130. The summed E-state index contributed by atoms with van der Waals surface area (Å²) in [4.78, 5) is 46.7. The monoisotopic (exact) mass is 548 g/mol. The van der Waals surface area contributed by atoms with E-state index in [4.69, 9.17) is 14.2 Å². The van der Waals surface area contributed by atoms with E-state index in [9.17, 15) is 19.2 Å². The van der Waals surface area contributed by atoms with Crippen molar-refractivity contribution in [1.82, 2.24) is 9.80 Å². The van der Waals surface area contributed by atoms with Crippen LogP contribution in [0.2, 0.25) is 0 Å². The molecular weight excluding hydrogens is 500 g/mol. The van der Waals surface area contributed by atoms with Crippen molar-refractivity contribution in [2.75, 3.05) is 66.8 Å². The van der Waals surface area contributed by atoms with Gasteiger partial charge in [0.05, 0.1) is 26.4 Å². The predicted molar refractivity (Wildman–Crippen MR) is 154 cm³/mol. The van der Waals surface area contributed by atoms with Crippen LogP contribution in [0.5, 0.6) is 0 Å². The first-order valence-electron chi connectivity index (χ1n) is 13.7. The molecule has 0 aliphatic heterocycles. The Morgan fingerprint density at radius 2 is 1.38 bits per heavy atom. The number of hydrogen-bond donors (Lipinski definition) is 0. The van der Waals surface area contributed by atoms with E-state index >= 15 is 0 Å².